The molecule has 5 nitrogen and oxygen atoms in total. The molecular formula is C21H14F2N2O3. The molecule has 28 heavy (non-hydrogen) atoms. The van der Waals surface area contributed by atoms with Crippen molar-refractivity contribution in [1.82, 2.24) is 0 Å². The van der Waals surface area contributed by atoms with Gasteiger partial charge in [-0.1, -0.05) is 42.5 Å². The van der Waals surface area contributed by atoms with Crippen LogP contribution in [0.25, 0.3) is 11.6 Å². The molecule has 0 bridgehead atoms. The van der Waals surface area contributed by atoms with E-state index in [1.807, 2.05) is 0 Å². The summed E-state index contributed by atoms with van der Waals surface area (Å²) in [5.41, 5.74) is 0.847. The van der Waals surface area contributed by atoms with Gasteiger partial charge in [0.05, 0.1) is 10.6 Å². The van der Waals surface area contributed by atoms with Crippen LogP contribution in [0.1, 0.15) is 11.1 Å². The number of nitrogens with zero attached hydrogens (tertiary/aromatic N) is 1. The molecular weight excluding hydrogens is 366 g/mol. The zero-order chi connectivity index (χ0) is 20.1. The average molecular weight is 380 g/mol. The third-order valence-corrected chi connectivity index (χ3v) is 3.90. The topological polar surface area (TPSA) is 72.2 Å². The van der Waals surface area contributed by atoms with Crippen molar-refractivity contribution < 1.29 is 18.5 Å². The number of benzene rings is 3. The van der Waals surface area contributed by atoms with Crippen molar-refractivity contribution in [3.63, 3.8) is 0 Å². The molecule has 0 aliphatic rings. The Kier molecular flexibility index (Phi) is 5.55. The normalized spacial score (nSPS) is 11.1. The minimum absolute atomic E-state index is 0.119. The lowest BCUT2D eigenvalue weighted by Crippen LogP contribution is -2.14. The van der Waals surface area contributed by atoms with Crippen LogP contribution in [-0.2, 0) is 4.79 Å². The molecule has 0 spiro atoms. The van der Waals surface area contributed by atoms with Crippen LogP contribution in [0, 0.1) is 21.7 Å². The summed E-state index contributed by atoms with van der Waals surface area (Å²) in [6.07, 6.45) is 1.47. The molecule has 0 heterocycles. The first-order valence-electron chi connectivity index (χ1n) is 8.22. The van der Waals surface area contributed by atoms with Crippen molar-refractivity contribution in [2.45, 2.75) is 0 Å². The van der Waals surface area contributed by atoms with E-state index in [-0.39, 0.29) is 16.9 Å². The smallest absolute Gasteiger partial charge is 0.270 e. The lowest BCUT2D eigenvalue weighted by molar-refractivity contribution is -0.384. The first-order chi connectivity index (χ1) is 13.4. The van der Waals surface area contributed by atoms with E-state index in [0.717, 1.165) is 12.1 Å². The zero-order valence-electron chi connectivity index (χ0n) is 14.4. The Labute approximate surface area is 159 Å². The van der Waals surface area contributed by atoms with E-state index in [1.54, 1.807) is 36.4 Å². The molecule has 0 saturated carbocycles. The van der Waals surface area contributed by atoms with Crippen LogP contribution in [0.4, 0.5) is 20.2 Å². The van der Waals surface area contributed by atoms with Crippen molar-refractivity contribution in [2.75, 3.05) is 5.32 Å². The summed E-state index contributed by atoms with van der Waals surface area (Å²) in [7, 11) is 0. The third-order valence-electron chi connectivity index (χ3n) is 3.90. The molecule has 7 heteroatoms. The van der Waals surface area contributed by atoms with Gasteiger partial charge in [0.15, 0.2) is 0 Å². The molecule has 140 valence electrons. The number of amides is 1. The van der Waals surface area contributed by atoms with Crippen LogP contribution in [0.15, 0.2) is 72.8 Å². The fraction of sp³-hybridized carbons (Fsp3) is 0. The molecule has 0 aliphatic heterocycles. The summed E-state index contributed by atoms with van der Waals surface area (Å²) >= 11 is 0. The van der Waals surface area contributed by atoms with Gasteiger partial charge < -0.3 is 5.32 Å². The van der Waals surface area contributed by atoms with Crippen LogP contribution >= 0.6 is 0 Å². The molecule has 3 aromatic rings. The number of carbonyl (C=O) groups excluding carboxylic acids is 1. The SMILES string of the molecule is O=C(Nc1ccc(F)cc1F)/C(=C/c1cccc([N+](=O)[O-])c1)c1ccccc1. The number of hydrogen-bond acceptors (Lipinski definition) is 3. The highest BCUT2D eigenvalue weighted by atomic mass is 19.1. The summed E-state index contributed by atoms with van der Waals surface area (Å²) in [5.74, 6) is -2.30. The second-order valence-electron chi connectivity index (χ2n) is 5.85. The Morgan fingerprint density at radius 2 is 1.71 bits per heavy atom. The van der Waals surface area contributed by atoms with Gasteiger partial charge in [-0.05, 0) is 29.3 Å². The Hall–Kier alpha value is -3.87. The van der Waals surface area contributed by atoms with E-state index in [4.69, 9.17) is 0 Å². The van der Waals surface area contributed by atoms with Gasteiger partial charge in [0.2, 0.25) is 0 Å². The van der Waals surface area contributed by atoms with Crippen molar-refractivity contribution in [2.24, 2.45) is 0 Å². The minimum Gasteiger partial charge on any atom is -0.319 e. The number of carbonyl (C=O) groups is 1. The first kappa shape index (κ1) is 18.9. The molecule has 1 N–H and O–H groups in total. The average Bonchev–Trinajstić information content (AvgIpc) is 2.69. The van der Waals surface area contributed by atoms with Crippen LogP contribution < -0.4 is 5.32 Å². The van der Waals surface area contributed by atoms with Crippen LogP contribution in [0.2, 0.25) is 0 Å². The summed E-state index contributed by atoms with van der Waals surface area (Å²) < 4.78 is 27.0. The van der Waals surface area contributed by atoms with E-state index in [2.05, 4.69) is 5.32 Å². The van der Waals surface area contributed by atoms with Gasteiger partial charge in [0.1, 0.15) is 11.6 Å². The lowest BCUT2D eigenvalue weighted by Gasteiger charge is -2.10. The van der Waals surface area contributed by atoms with E-state index in [0.29, 0.717) is 17.2 Å². The Balaban J connectivity index is 2.01. The largest absolute Gasteiger partial charge is 0.319 e. The number of non-ortho nitro benzene ring substituents is 1. The first-order valence-corrected chi connectivity index (χ1v) is 8.22. The van der Waals surface area contributed by atoms with E-state index in [1.165, 1.54) is 24.3 Å². The number of rotatable bonds is 5. The monoisotopic (exact) mass is 380 g/mol. The second-order valence-corrected chi connectivity index (χ2v) is 5.85. The number of hydrogen-bond donors (Lipinski definition) is 1. The van der Waals surface area contributed by atoms with Gasteiger partial charge >= 0.3 is 0 Å². The predicted molar refractivity (Wildman–Crippen MR) is 102 cm³/mol. The number of halogens is 2. The Morgan fingerprint density at radius 1 is 0.964 bits per heavy atom. The molecule has 0 fully saturated rings. The van der Waals surface area contributed by atoms with Crippen molar-refractivity contribution in [3.05, 3.63) is 106 Å². The highest BCUT2D eigenvalue weighted by Crippen LogP contribution is 2.24. The molecule has 0 saturated heterocycles. The van der Waals surface area contributed by atoms with Crippen LogP contribution in [0.5, 0.6) is 0 Å². The van der Waals surface area contributed by atoms with Gasteiger partial charge in [0, 0.05) is 23.8 Å². The van der Waals surface area contributed by atoms with E-state index in [9.17, 15) is 23.7 Å². The van der Waals surface area contributed by atoms with E-state index < -0.39 is 22.5 Å². The molecule has 0 aliphatic carbocycles. The second kappa shape index (κ2) is 8.22. The molecule has 0 atom stereocenters. The van der Waals surface area contributed by atoms with Gasteiger partial charge in [-0.25, -0.2) is 8.78 Å². The maximum Gasteiger partial charge on any atom is 0.270 e. The zero-order valence-corrected chi connectivity index (χ0v) is 14.4. The third kappa shape index (κ3) is 4.45. The van der Waals surface area contributed by atoms with Crippen molar-refractivity contribution in [3.8, 4) is 0 Å². The van der Waals surface area contributed by atoms with Crippen LogP contribution in [0.3, 0.4) is 0 Å². The van der Waals surface area contributed by atoms with Gasteiger partial charge in [-0.15, -0.1) is 0 Å². The Morgan fingerprint density at radius 3 is 2.39 bits per heavy atom. The van der Waals surface area contributed by atoms with Crippen LogP contribution in [-0.4, -0.2) is 10.8 Å². The minimum atomic E-state index is -0.906. The predicted octanol–water partition coefficient (Wildman–Crippen LogP) is 5.05. The summed E-state index contributed by atoms with van der Waals surface area (Å²) in [6.45, 7) is 0. The van der Waals surface area contributed by atoms with Gasteiger partial charge in [-0.2, -0.15) is 0 Å². The maximum absolute atomic E-state index is 13.9. The molecule has 0 unspecified atom stereocenters. The quantitative estimate of drug-likeness (QED) is 0.291. The number of nitro benzene ring substituents is 1. The van der Waals surface area contributed by atoms with Gasteiger partial charge in [-0.3, -0.25) is 14.9 Å². The molecule has 0 aromatic heterocycles. The van der Waals surface area contributed by atoms with Crippen molar-refractivity contribution in [1.29, 1.82) is 0 Å². The van der Waals surface area contributed by atoms with Gasteiger partial charge in [0.25, 0.3) is 11.6 Å². The molecule has 0 radical (unpaired) electrons. The summed E-state index contributed by atoms with van der Waals surface area (Å²) in [4.78, 5) is 23.2. The molecule has 3 rings (SSSR count). The van der Waals surface area contributed by atoms with E-state index >= 15 is 0 Å². The fourth-order valence-corrected chi connectivity index (χ4v) is 2.57. The maximum atomic E-state index is 13.9. The molecule has 1 amide bonds. The standard InChI is InChI=1S/C21H14F2N2O3/c22-16-9-10-20(19(23)13-16)24-21(26)18(15-6-2-1-3-7-15)12-14-5-4-8-17(11-14)25(27)28/h1-13H,(H,24,26)/b18-12+. The fourth-order valence-electron chi connectivity index (χ4n) is 2.57. The highest BCUT2D eigenvalue weighted by molar-refractivity contribution is 6.29. The summed E-state index contributed by atoms with van der Waals surface area (Å²) in [6, 6.07) is 17.2. The number of nitrogens with one attached hydrogen (secondary N) is 1. The summed E-state index contributed by atoms with van der Waals surface area (Å²) in [5, 5.41) is 13.4. The van der Waals surface area contributed by atoms with Crippen molar-refractivity contribution >= 4 is 28.9 Å². The molecule has 3 aromatic carbocycles. The number of nitro groups is 1. The highest BCUT2D eigenvalue weighted by Gasteiger charge is 2.15. The number of anilines is 1. The lowest BCUT2D eigenvalue weighted by atomic mass is 10.0. The Bertz CT molecular complexity index is 1070.